The summed E-state index contributed by atoms with van der Waals surface area (Å²) in [6.07, 6.45) is 48.7. The average molecular weight is 1450 g/mol. The molecule has 96 heavy (non-hydrogen) atoms. The summed E-state index contributed by atoms with van der Waals surface area (Å²) in [6, 6.07) is 0. The lowest BCUT2D eigenvalue weighted by molar-refractivity contribution is -0.161. The van der Waals surface area contributed by atoms with Gasteiger partial charge in [-0.25, -0.2) is 9.13 Å². The molecule has 566 valence electrons. The van der Waals surface area contributed by atoms with Crippen LogP contribution in [0.3, 0.4) is 0 Å². The molecule has 4 atom stereocenters. The Labute approximate surface area is 590 Å². The highest BCUT2D eigenvalue weighted by Gasteiger charge is 2.28. The molecule has 0 bridgehead atoms. The molecule has 0 fully saturated rings. The molecule has 0 aliphatic rings. The summed E-state index contributed by atoms with van der Waals surface area (Å²) in [5.74, 6) is -1.77. The van der Waals surface area contributed by atoms with Crippen LogP contribution in [0.4, 0.5) is 0 Å². The first-order valence-corrected chi connectivity index (χ1v) is 43.8. The maximum atomic E-state index is 12.9. The SMILES string of the molecule is CCCCCCCCCCCCCC(=O)OC[C@H](COP(=O)(O)OCCNC(=O)CCSSCCC(=O)NCCOP(=O)(O)OC[C@@H](COC(=O)CCCCCCCCCCCCC)OC(=O)CCCCCCCCCCCCC)OC(=O)CCCCCCCCCCCCC. The van der Waals surface area contributed by atoms with E-state index in [1.807, 2.05) is 0 Å². The minimum absolute atomic E-state index is 0.0908. The van der Waals surface area contributed by atoms with Gasteiger partial charge in [0.2, 0.25) is 11.8 Å². The van der Waals surface area contributed by atoms with Gasteiger partial charge in [0.25, 0.3) is 0 Å². The Morgan fingerprint density at radius 2 is 0.542 bits per heavy atom. The summed E-state index contributed by atoms with van der Waals surface area (Å²) in [5, 5.41) is 5.24. The van der Waals surface area contributed by atoms with Crippen molar-refractivity contribution in [2.24, 2.45) is 0 Å². The number of hydrogen-bond acceptors (Lipinski definition) is 18. The van der Waals surface area contributed by atoms with Gasteiger partial charge < -0.3 is 39.4 Å². The topological polar surface area (TPSA) is 275 Å². The van der Waals surface area contributed by atoms with Crippen LogP contribution in [-0.4, -0.2) is 122 Å². The van der Waals surface area contributed by atoms with E-state index >= 15 is 0 Å². The highest BCUT2D eigenvalue weighted by Crippen LogP contribution is 2.44. The van der Waals surface area contributed by atoms with E-state index in [0.29, 0.717) is 37.2 Å². The Morgan fingerprint density at radius 3 is 0.792 bits per heavy atom. The molecule has 0 spiro atoms. The van der Waals surface area contributed by atoms with Crippen LogP contribution >= 0.6 is 37.2 Å². The van der Waals surface area contributed by atoms with Crippen molar-refractivity contribution in [2.45, 2.75) is 361 Å². The zero-order chi connectivity index (χ0) is 70.5. The molecule has 24 heteroatoms. The van der Waals surface area contributed by atoms with Crippen LogP contribution in [0, 0.1) is 0 Å². The van der Waals surface area contributed by atoms with Crippen LogP contribution in [0.5, 0.6) is 0 Å². The number of ether oxygens (including phenoxy) is 4. The Morgan fingerprint density at radius 1 is 0.312 bits per heavy atom. The maximum Gasteiger partial charge on any atom is 0.472 e. The summed E-state index contributed by atoms with van der Waals surface area (Å²) in [5.41, 5.74) is 0. The first kappa shape index (κ1) is 93.7. The zero-order valence-electron chi connectivity index (χ0n) is 60.7. The van der Waals surface area contributed by atoms with Gasteiger partial charge in [-0.3, -0.25) is 46.9 Å². The molecular formula is C72H138N2O18P2S2. The van der Waals surface area contributed by atoms with E-state index in [1.54, 1.807) is 0 Å². The van der Waals surface area contributed by atoms with Gasteiger partial charge in [0.05, 0.1) is 26.4 Å². The predicted molar refractivity (Wildman–Crippen MR) is 390 cm³/mol. The van der Waals surface area contributed by atoms with Crippen molar-refractivity contribution in [3.05, 3.63) is 0 Å². The van der Waals surface area contributed by atoms with Crippen LogP contribution in [0.2, 0.25) is 0 Å². The molecule has 4 N–H and O–H groups in total. The maximum absolute atomic E-state index is 12.9. The van der Waals surface area contributed by atoms with Crippen molar-refractivity contribution in [1.82, 2.24) is 10.6 Å². The fraction of sp³-hybridized carbons (Fsp3) is 0.917. The number of esters is 4. The molecule has 0 aliphatic heterocycles. The number of nitrogens with one attached hydrogen (secondary N) is 2. The quantitative estimate of drug-likeness (QED) is 0.0145. The van der Waals surface area contributed by atoms with Gasteiger partial charge in [0, 0.05) is 63.1 Å². The molecule has 0 aliphatic carbocycles. The summed E-state index contributed by atoms with van der Waals surface area (Å²) in [4.78, 5) is 96.9. The van der Waals surface area contributed by atoms with E-state index in [4.69, 9.17) is 37.0 Å². The van der Waals surface area contributed by atoms with Crippen molar-refractivity contribution in [3.8, 4) is 0 Å². The first-order valence-electron chi connectivity index (χ1n) is 38.3. The zero-order valence-corrected chi connectivity index (χ0v) is 64.1. The van der Waals surface area contributed by atoms with Gasteiger partial charge in [0.1, 0.15) is 13.2 Å². The van der Waals surface area contributed by atoms with E-state index in [1.165, 1.54) is 201 Å². The number of phosphoric ester groups is 2. The minimum atomic E-state index is -4.66. The fourth-order valence-corrected chi connectivity index (χ4v) is 14.2. The molecule has 2 unspecified atom stereocenters. The van der Waals surface area contributed by atoms with Crippen molar-refractivity contribution in [1.29, 1.82) is 0 Å². The van der Waals surface area contributed by atoms with E-state index in [-0.39, 0.29) is 89.9 Å². The lowest BCUT2D eigenvalue weighted by Gasteiger charge is -2.20. The number of carbonyl (C=O) groups excluding carboxylic acids is 6. The van der Waals surface area contributed by atoms with Crippen molar-refractivity contribution < 1.29 is 84.7 Å². The average Bonchev–Trinajstić information content (AvgIpc) is 1.43. The molecule has 2 amide bonds. The molecule has 0 saturated heterocycles. The largest absolute Gasteiger partial charge is 0.472 e. The molecule has 0 heterocycles. The molecule has 0 saturated carbocycles. The Balaban J connectivity index is 4.75. The minimum Gasteiger partial charge on any atom is -0.462 e. The van der Waals surface area contributed by atoms with Gasteiger partial charge in [-0.1, -0.05) is 306 Å². The van der Waals surface area contributed by atoms with E-state index in [9.17, 15) is 47.7 Å². The van der Waals surface area contributed by atoms with Gasteiger partial charge in [-0.2, -0.15) is 0 Å². The van der Waals surface area contributed by atoms with Crippen LogP contribution in [0.25, 0.3) is 0 Å². The lowest BCUT2D eigenvalue weighted by Crippen LogP contribution is -2.30. The molecule has 0 aromatic rings. The molecule has 20 nitrogen and oxygen atoms in total. The molecular weight excluding hydrogens is 1310 g/mol. The number of hydrogen-bond donors (Lipinski definition) is 4. The normalized spacial score (nSPS) is 13.4. The van der Waals surface area contributed by atoms with Crippen LogP contribution < -0.4 is 10.6 Å². The summed E-state index contributed by atoms with van der Waals surface area (Å²) >= 11 is 0. The number of carbonyl (C=O) groups is 6. The molecule has 0 rings (SSSR count). The van der Waals surface area contributed by atoms with Gasteiger partial charge >= 0.3 is 39.5 Å². The first-order chi connectivity index (χ1) is 46.6. The smallest absolute Gasteiger partial charge is 0.462 e. The Bertz CT molecular complexity index is 1830. The third-order valence-electron chi connectivity index (χ3n) is 16.5. The third kappa shape index (κ3) is 68.9. The highest BCUT2D eigenvalue weighted by molar-refractivity contribution is 8.76. The van der Waals surface area contributed by atoms with Crippen LogP contribution in [0.15, 0.2) is 0 Å². The third-order valence-corrected chi connectivity index (χ3v) is 20.9. The number of amides is 2. The van der Waals surface area contributed by atoms with Gasteiger partial charge in [-0.05, 0) is 25.7 Å². The fourth-order valence-electron chi connectivity index (χ4n) is 10.7. The van der Waals surface area contributed by atoms with E-state index in [0.717, 1.165) is 77.0 Å². The van der Waals surface area contributed by atoms with Crippen molar-refractivity contribution >= 4 is 72.9 Å². The molecule has 0 aromatic carbocycles. The number of rotatable bonds is 75. The van der Waals surface area contributed by atoms with Gasteiger partial charge in [0.15, 0.2) is 12.2 Å². The molecule has 0 aromatic heterocycles. The second kappa shape index (κ2) is 69.8. The van der Waals surface area contributed by atoms with Crippen molar-refractivity contribution in [3.63, 3.8) is 0 Å². The summed E-state index contributed by atoms with van der Waals surface area (Å²) < 4.78 is 68.2. The number of unbranched alkanes of at least 4 members (excludes halogenated alkanes) is 40. The summed E-state index contributed by atoms with van der Waals surface area (Å²) in [7, 11) is -6.57. The van der Waals surface area contributed by atoms with E-state index in [2.05, 4.69) is 38.3 Å². The second-order valence-corrected chi connectivity index (χ2v) is 31.4. The summed E-state index contributed by atoms with van der Waals surface area (Å²) in [6.45, 7) is 6.21. The highest BCUT2D eigenvalue weighted by atomic mass is 33.1. The lowest BCUT2D eigenvalue weighted by atomic mass is 10.1. The second-order valence-electron chi connectivity index (χ2n) is 25.8. The Kier molecular flexibility index (Phi) is 68.2. The number of phosphoric acid groups is 2. The standard InChI is InChI=1S/C72H138N2O18P2S2/c1-5-9-13-17-21-25-29-33-37-41-45-49-69(77)85-61-65(91-71(79)51-47-43-39-35-31-27-23-19-15-11-7-3)63-89-93(81,82)87-57-55-73-67(75)53-59-95-96-60-54-68(76)74-56-58-88-94(83,84)90-64-66(92-72(80)52-48-44-40-36-32-28-24-20-16-12-8-4)62-86-70(78)50-46-42-38-34-30-26-22-18-14-10-6-2/h65-66H,5-64H2,1-4H3,(H,73,75)(H,74,76)(H,81,82)(H,83,84)/t65-,66-/m1/s1. The monoisotopic (exact) mass is 1440 g/mol. The van der Waals surface area contributed by atoms with Gasteiger partial charge in [-0.15, -0.1) is 0 Å². The Hall–Kier alpha value is -2.26. The van der Waals surface area contributed by atoms with E-state index < -0.39 is 64.9 Å². The molecule has 0 radical (unpaired) electrons. The predicted octanol–water partition coefficient (Wildman–Crippen LogP) is 19.4. The van der Waals surface area contributed by atoms with Crippen LogP contribution in [0.1, 0.15) is 349 Å². The van der Waals surface area contributed by atoms with Crippen LogP contribution in [-0.2, 0) is 74.9 Å². The van der Waals surface area contributed by atoms with Crippen molar-refractivity contribution in [2.75, 3.05) is 64.2 Å².